The Morgan fingerprint density at radius 3 is 2.54 bits per heavy atom. The van der Waals surface area contributed by atoms with Gasteiger partial charge in [-0.1, -0.05) is 6.92 Å². The summed E-state index contributed by atoms with van der Waals surface area (Å²) in [5.41, 5.74) is 0. The molecule has 0 heterocycles. The van der Waals surface area contributed by atoms with Gasteiger partial charge in [0.25, 0.3) is 0 Å². The van der Waals surface area contributed by atoms with Crippen molar-refractivity contribution in [3.63, 3.8) is 0 Å². The van der Waals surface area contributed by atoms with Crippen LogP contribution >= 0.6 is 0 Å². The van der Waals surface area contributed by atoms with Crippen molar-refractivity contribution in [1.82, 2.24) is 10.2 Å². The molecule has 1 N–H and O–H groups in total. The fourth-order valence-electron chi connectivity index (χ4n) is 1.59. The van der Waals surface area contributed by atoms with E-state index in [1.54, 1.807) is 0 Å². The molecular weight excluding hydrogens is 160 g/mol. The van der Waals surface area contributed by atoms with E-state index in [0.29, 0.717) is 6.04 Å². The zero-order valence-corrected chi connectivity index (χ0v) is 9.34. The van der Waals surface area contributed by atoms with E-state index in [1.165, 1.54) is 25.9 Å². The van der Waals surface area contributed by atoms with Gasteiger partial charge in [0, 0.05) is 25.7 Å². The van der Waals surface area contributed by atoms with Gasteiger partial charge in [0.05, 0.1) is 0 Å². The van der Waals surface area contributed by atoms with Gasteiger partial charge in [-0.25, -0.2) is 0 Å². The average molecular weight is 184 g/mol. The Kier molecular flexibility index (Phi) is 4.74. The fourth-order valence-corrected chi connectivity index (χ4v) is 1.59. The Bertz CT molecular complexity index is 130. The summed E-state index contributed by atoms with van der Waals surface area (Å²) >= 11 is 0. The summed E-state index contributed by atoms with van der Waals surface area (Å²) in [5, 5.41) is 3.39. The van der Waals surface area contributed by atoms with Crippen molar-refractivity contribution >= 4 is 0 Å². The smallest absolute Gasteiger partial charge is 0.0110 e. The van der Waals surface area contributed by atoms with Crippen LogP contribution in [0.5, 0.6) is 0 Å². The molecular formula is C11H24N2. The van der Waals surface area contributed by atoms with Crippen LogP contribution in [0.25, 0.3) is 0 Å². The Balaban J connectivity index is 2.12. The summed E-state index contributed by atoms with van der Waals surface area (Å²) < 4.78 is 0. The zero-order chi connectivity index (χ0) is 9.68. The van der Waals surface area contributed by atoms with Gasteiger partial charge < -0.3 is 5.32 Å². The SMILES string of the molecule is CCNCCN(CC1CC1)C(C)C. The summed E-state index contributed by atoms with van der Waals surface area (Å²) in [6.07, 6.45) is 2.93. The van der Waals surface area contributed by atoms with Gasteiger partial charge in [-0.3, -0.25) is 4.90 Å². The molecule has 0 saturated heterocycles. The second-order valence-electron chi connectivity index (χ2n) is 4.39. The monoisotopic (exact) mass is 184 g/mol. The predicted molar refractivity (Wildman–Crippen MR) is 58.0 cm³/mol. The van der Waals surface area contributed by atoms with E-state index in [2.05, 4.69) is 31.0 Å². The molecule has 0 aromatic carbocycles. The molecule has 0 aromatic rings. The maximum absolute atomic E-state index is 3.39. The van der Waals surface area contributed by atoms with Crippen LogP contribution < -0.4 is 5.32 Å². The Morgan fingerprint density at radius 1 is 1.38 bits per heavy atom. The van der Waals surface area contributed by atoms with Crippen molar-refractivity contribution in [1.29, 1.82) is 0 Å². The Labute approximate surface area is 82.7 Å². The first kappa shape index (κ1) is 11.0. The summed E-state index contributed by atoms with van der Waals surface area (Å²) in [6.45, 7) is 11.5. The first-order valence-corrected chi connectivity index (χ1v) is 5.68. The van der Waals surface area contributed by atoms with Crippen molar-refractivity contribution in [2.45, 2.75) is 39.7 Å². The summed E-state index contributed by atoms with van der Waals surface area (Å²) in [5.74, 6) is 1.02. The first-order chi connectivity index (χ1) is 6.24. The molecule has 78 valence electrons. The molecule has 0 bridgehead atoms. The lowest BCUT2D eigenvalue weighted by Crippen LogP contribution is -2.38. The second kappa shape index (κ2) is 5.61. The molecule has 0 aromatic heterocycles. The van der Waals surface area contributed by atoms with Crippen LogP contribution in [0.4, 0.5) is 0 Å². The molecule has 0 amide bonds. The van der Waals surface area contributed by atoms with E-state index >= 15 is 0 Å². The quantitative estimate of drug-likeness (QED) is 0.606. The van der Waals surface area contributed by atoms with Crippen molar-refractivity contribution in [2.75, 3.05) is 26.2 Å². The topological polar surface area (TPSA) is 15.3 Å². The third kappa shape index (κ3) is 4.63. The number of likely N-dealkylation sites (N-methyl/N-ethyl adjacent to an activating group) is 1. The zero-order valence-electron chi connectivity index (χ0n) is 9.34. The molecule has 13 heavy (non-hydrogen) atoms. The number of nitrogens with zero attached hydrogens (tertiary/aromatic N) is 1. The van der Waals surface area contributed by atoms with Gasteiger partial charge in [-0.15, -0.1) is 0 Å². The molecule has 0 radical (unpaired) electrons. The van der Waals surface area contributed by atoms with Gasteiger partial charge in [-0.2, -0.15) is 0 Å². The third-order valence-electron chi connectivity index (χ3n) is 2.75. The number of hydrogen-bond donors (Lipinski definition) is 1. The van der Waals surface area contributed by atoms with Crippen LogP contribution in [-0.2, 0) is 0 Å². The number of hydrogen-bond acceptors (Lipinski definition) is 2. The predicted octanol–water partition coefficient (Wildman–Crippen LogP) is 1.72. The maximum Gasteiger partial charge on any atom is 0.0110 e. The highest BCUT2D eigenvalue weighted by Gasteiger charge is 2.24. The molecule has 0 aliphatic heterocycles. The summed E-state index contributed by atoms with van der Waals surface area (Å²) in [6, 6.07) is 0.708. The van der Waals surface area contributed by atoms with E-state index < -0.39 is 0 Å². The van der Waals surface area contributed by atoms with Crippen LogP contribution in [0.1, 0.15) is 33.6 Å². The van der Waals surface area contributed by atoms with Gasteiger partial charge in [0.2, 0.25) is 0 Å². The van der Waals surface area contributed by atoms with Gasteiger partial charge in [-0.05, 0) is 39.2 Å². The minimum atomic E-state index is 0.708. The minimum absolute atomic E-state index is 0.708. The maximum atomic E-state index is 3.39. The molecule has 1 aliphatic carbocycles. The normalized spacial score (nSPS) is 17.3. The molecule has 0 unspecified atom stereocenters. The highest BCUT2D eigenvalue weighted by molar-refractivity contribution is 4.78. The lowest BCUT2D eigenvalue weighted by Gasteiger charge is -2.26. The number of nitrogens with one attached hydrogen (secondary N) is 1. The standard InChI is InChI=1S/C11H24N2/c1-4-12-7-8-13(10(2)3)9-11-5-6-11/h10-12H,4-9H2,1-3H3. The summed E-state index contributed by atoms with van der Waals surface area (Å²) in [7, 11) is 0. The first-order valence-electron chi connectivity index (χ1n) is 5.68. The van der Waals surface area contributed by atoms with Crippen molar-refractivity contribution < 1.29 is 0 Å². The Morgan fingerprint density at radius 2 is 2.08 bits per heavy atom. The van der Waals surface area contributed by atoms with Crippen LogP contribution in [0.2, 0.25) is 0 Å². The molecule has 1 saturated carbocycles. The van der Waals surface area contributed by atoms with Crippen LogP contribution in [0.15, 0.2) is 0 Å². The molecule has 0 spiro atoms. The second-order valence-corrected chi connectivity index (χ2v) is 4.39. The van der Waals surface area contributed by atoms with E-state index in [9.17, 15) is 0 Å². The van der Waals surface area contributed by atoms with E-state index in [0.717, 1.165) is 19.0 Å². The van der Waals surface area contributed by atoms with Crippen LogP contribution in [-0.4, -0.2) is 37.1 Å². The van der Waals surface area contributed by atoms with E-state index in [1.807, 2.05) is 0 Å². The van der Waals surface area contributed by atoms with Crippen molar-refractivity contribution in [3.05, 3.63) is 0 Å². The molecule has 1 fully saturated rings. The summed E-state index contributed by atoms with van der Waals surface area (Å²) in [4.78, 5) is 2.60. The molecule has 1 aliphatic rings. The molecule has 2 nitrogen and oxygen atoms in total. The van der Waals surface area contributed by atoms with Crippen LogP contribution in [0, 0.1) is 5.92 Å². The molecule has 1 rings (SSSR count). The highest BCUT2D eigenvalue weighted by Crippen LogP contribution is 2.30. The highest BCUT2D eigenvalue weighted by atomic mass is 15.2. The van der Waals surface area contributed by atoms with E-state index in [-0.39, 0.29) is 0 Å². The van der Waals surface area contributed by atoms with Gasteiger partial charge in [0.15, 0.2) is 0 Å². The minimum Gasteiger partial charge on any atom is -0.316 e. The largest absolute Gasteiger partial charge is 0.316 e. The van der Waals surface area contributed by atoms with Gasteiger partial charge >= 0.3 is 0 Å². The average Bonchev–Trinajstić information content (AvgIpc) is 2.86. The molecule has 2 heteroatoms. The van der Waals surface area contributed by atoms with Crippen molar-refractivity contribution in [3.8, 4) is 0 Å². The van der Waals surface area contributed by atoms with E-state index in [4.69, 9.17) is 0 Å². The lowest BCUT2D eigenvalue weighted by atomic mass is 10.2. The molecule has 0 atom stereocenters. The number of rotatable bonds is 7. The fraction of sp³-hybridized carbons (Fsp3) is 1.00. The third-order valence-corrected chi connectivity index (χ3v) is 2.75. The van der Waals surface area contributed by atoms with Crippen molar-refractivity contribution in [2.24, 2.45) is 5.92 Å². The van der Waals surface area contributed by atoms with Gasteiger partial charge in [0.1, 0.15) is 0 Å². The Hall–Kier alpha value is -0.0800. The van der Waals surface area contributed by atoms with Crippen LogP contribution in [0.3, 0.4) is 0 Å². The lowest BCUT2D eigenvalue weighted by molar-refractivity contribution is 0.213.